The number of aryl methyl sites for hydroxylation is 1. The quantitative estimate of drug-likeness (QED) is 0.605. The Morgan fingerprint density at radius 3 is 2.28 bits per heavy atom. The number of piperidine rings is 1. The van der Waals surface area contributed by atoms with E-state index in [2.05, 4.69) is 60.6 Å². The fraction of sp³-hybridized carbons (Fsp3) is 0.462. The van der Waals surface area contributed by atoms with E-state index in [1.165, 1.54) is 36.1 Å². The highest BCUT2D eigenvalue weighted by Gasteiger charge is 2.18. The van der Waals surface area contributed by atoms with Crippen molar-refractivity contribution in [2.24, 2.45) is 0 Å². The maximum Gasteiger partial charge on any atom is 0.0840 e. The molecule has 0 aliphatic carbocycles. The van der Waals surface area contributed by atoms with Crippen LogP contribution in [0.3, 0.4) is 0 Å². The van der Waals surface area contributed by atoms with Crippen molar-refractivity contribution in [2.45, 2.75) is 59.0 Å². The van der Waals surface area contributed by atoms with Crippen LogP contribution in [0.2, 0.25) is 0 Å². The molecule has 156 valence electrons. The molecule has 0 radical (unpaired) electrons. The lowest BCUT2D eigenvalue weighted by Gasteiger charge is -2.31. The van der Waals surface area contributed by atoms with Gasteiger partial charge in [0.2, 0.25) is 0 Å². The molecular weight excluding hydrogens is 356 g/mol. The zero-order chi connectivity index (χ0) is 21.0. The number of benzene rings is 2. The molecule has 3 nitrogen and oxygen atoms in total. The van der Waals surface area contributed by atoms with Crippen molar-refractivity contribution >= 4 is 17.1 Å². The number of nitrogens with zero attached hydrogens (tertiary/aromatic N) is 2. The summed E-state index contributed by atoms with van der Waals surface area (Å²) in [6.45, 7) is 15.6. The summed E-state index contributed by atoms with van der Waals surface area (Å²) in [5.74, 6) is 0. The molecule has 29 heavy (non-hydrogen) atoms. The SMILES string of the molecule is C=C(c1ccc(N(CCC)c2ccc(C(C)(C)O)cc2)c(C)c1)N1CCCCC1. The second-order valence-corrected chi connectivity index (χ2v) is 8.75. The molecule has 0 amide bonds. The summed E-state index contributed by atoms with van der Waals surface area (Å²) in [6.07, 6.45) is 4.93. The minimum absolute atomic E-state index is 0.819. The monoisotopic (exact) mass is 392 g/mol. The van der Waals surface area contributed by atoms with Gasteiger partial charge >= 0.3 is 0 Å². The van der Waals surface area contributed by atoms with Crippen LogP contribution in [0.1, 0.15) is 63.1 Å². The third-order valence-corrected chi connectivity index (χ3v) is 5.89. The molecule has 1 aliphatic heterocycles. The van der Waals surface area contributed by atoms with Gasteiger partial charge < -0.3 is 14.9 Å². The lowest BCUT2D eigenvalue weighted by molar-refractivity contribution is 0.0786. The lowest BCUT2D eigenvalue weighted by atomic mass is 9.98. The molecule has 0 unspecified atom stereocenters. The molecule has 3 rings (SSSR count). The first kappa shape index (κ1) is 21.4. The highest BCUT2D eigenvalue weighted by atomic mass is 16.3. The highest BCUT2D eigenvalue weighted by Crippen LogP contribution is 2.33. The summed E-state index contributed by atoms with van der Waals surface area (Å²) in [4.78, 5) is 4.80. The van der Waals surface area contributed by atoms with Crippen LogP contribution in [0, 0.1) is 6.92 Å². The van der Waals surface area contributed by atoms with Crippen molar-refractivity contribution in [2.75, 3.05) is 24.5 Å². The van der Waals surface area contributed by atoms with Gasteiger partial charge in [-0.1, -0.05) is 31.7 Å². The molecule has 2 aromatic carbocycles. The molecule has 3 heteroatoms. The summed E-state index contributed by atoms with van der Waals surface area (Å²) in [5.41, 5.74) is 6.14. The van der Waals surface area contributed by atoms with E-state index in [0.717, 1.165) is 43.0 Å². The lowest BCUT2D eigenvalue weighted by Crippen LogP contribution is -2.27. The molecule has 0 bridgehead atoms. The Morgan fingerprint density at radius 2 is 1.72 bits per heavy atom. The molecule has 1 aliphatic rings. The number of likely N-dealkylation sites (tertiary alicyclic amines) is 1. The molecule has 1 saturated heterocycles. The Balaban J connectivity index is 1.86. The molecule has 2 aromatic rings. The van der Waals surface area contributed by atoms with Gasteiger partial charge in [0.05, 0.1) is 5.60 Å². The van der Waals surface area contributed by atoms with Crippen molar-refractivity contribution in [3.8, 4) is 0 Å². The summed E-state index contributed by atoms with van der Waals surface area (Å²) in [6, 6.07) is 15.0. The summed E-state index contributed by atoms with van der Waals surface area (Å²) >= 11 is 0. The predicted octanol–water partition coefficient (Wildman–Crippen LogP) is 6.23. The average molecular weight is 393 g/mol. The maximum absolute atomic E-state index is 10.2. The van der Waals surface area contributed by atoms with E-state index in [1.807, 2.05) is 26.0 Å². The van der Waals surface area contributed by atoms with Crippen LogP contribution in [0.25, 0.3) is 5.70 Å². The number of rotatable bonds is 7. The van der Waals surface area contributed by atoms with Crippen molar-refractivity contribution < 1.29 is 5.11 Å². The Morgan fingerprint density at radius 1 is 1.07 bits per heavy atom. The Bertz CT molecular complexity index is 827. The molecule has 0 atom stereocenters. The zero-order valence-corrected chi connectivity index (χ0v) is 18.5. The van der Waals surface area contributed by atoms with Crippen LogP contribution in [0.5, 0.6) is 0 Å². The van der Waals surface area contributed by atoms with E-state index >= 15 is 0 Å². The van der Waals surface area contributed by atoms with E-state index in [0.29, 0.717) is 0 Å². The Hall–Kier alpha value is -2.26. The van der Waals surface area contributed by atoms with E-state index < -0.39 is 5.60 Å². The molecule has 1 fully saturated rings. The summed E-state index contributed by atoms with van der Waals surface area (Å²) in [7, 11) is 0. The molecule has 0 aromatic heterocycles. The topological polar surface area (TPSA) is 26.7 Å². The van der Waals surface area contributed by atoms with Crippen molar-refractivity contribution in [3.63, 3.8) is 0 Å². The molecule has 0 spiro atoms. The van der Waals surface area contributed by atoms with Crippen LogP contribution < -0.4 is 4.90 Å². The first-order valence-electron chi connectivity index (χ1n) is 11.0. The van der Waals surface area contributed by atoms with Crippen LogP contribution in [-0.4, -0.2) is 29.6 Å². The van der Waals surface area contributed by atoms with Crippen LogP contribution in [-0.2, 0) is 5.60 Å². The van der Waals surface area contributed by atoms with E-state index in [9.17, 15) is 5.11 Å². The smallest absolute Gasteiger partial charge is 0.0840 e. The van der Waals surface area contributed by atoms with Gasteiger partial charge in [0.25, 0.3) is 0 Å². The van der Waals surface area contributed by atoms with Gasteiger partial charge in [-0.2, -0.15) is 0 Å². The Labute approximate surface area is 176 Å². The van der Waals surface area contributed by atoms with Crippen LogP contribution >= 0.6 is 0 Å². The number of hydrogen-bond acceptors (Lipinski definition) is 3. The summed E-state index contributed by atoms with van der Waals surface area (Å²) in [5, 5.41) is 10.2. The predicted molar refractivity (Wildman–Crippen MR) is 125 cm³/mol. The first-order chi connectivity index (χ1) is 13.8. The fourth-order valence-electron chi connectivity index (χ4n) is 4.15. The Kier molecular flexibility index (Phi) is 6.69. The van der Waals surface area contributed by atoms with E-state index in [-0.39, 0.29) is 0 Å². The molecular formula is C26H36N2O. The van der Waals surface area contributed by atoms with Gasteiger partial charge in [-0.3, -0.25) is 0 Å². The van der Waals surface area contributed by atoms with Crippen molar-refractivity contribution in [1.82, 2.24) is 4.90 Å². The van der Waals surface area contributed by atoms with Crippen LogP contribution in [0.15, 0.2) is 49.0 Å². The van der Waals surface area contributed by atoms with Gasteiger partial charge in [0.15, 0.2) is 0 Å². The van der Waals surface area contributed by atoms with E-state index in [4.69, 9.17) is 0 Å². The molecule has 1 N–H and O–H groups in total. The van der Waals surface area contributed by atoms with Gasteiger partial charge in [-0.15, -0.1) is 0 Å². The number of aliphatic hydroxyl groups is 1. The average Bonchev–Trinajstić information content (AvgIpc) is 2.72. The molecule has 1 heterocycles. The van der Waals surface area contributed by atoms with Gasteiger partial charge in [0.1, 0.15) is 0 Å². The van der Waals surface area contributed by atoms with Gasteiger partial charge in [-0.25, -0.2) is 0 Å². The van der Waals surface area contributed by atoms with Gasteiger partial charge in [0, 0.05) is 36.7 Å². The highest BCUT2D eigenvalue weighted by molar-refractivity contribution is 5.71. The van der Waals surface area contributed by atoms with E-state index in [1.54, 1.807) is 0 Å². The van der Waals surface area contributed by atoms with Crippen molar-refractivity contribution in [3.05, 3.63) is 65.7 Å². The number of anilines is 2. The normalized spacial score (nSPS) is 14.7. The third-order valence-electron chi connectivity index (χ3n) is 5.89. The number of hydrogen-bond donors (Lipinski definition) is 1. The minimum Gasteiger partial charge on any atom is -0.386 e. The fourth-order valence-corrected chi connectivity index (χ4v) is 4.15. The second-order valence-electron chi connectivity index (χ2n) is 8.75. The minimum atomic E-state index is -0.819. The second kappa shape index (κ2) is 9.04. The first-order valence-corrected chi connectivity index (χ1v) is 11.0. The van der Waals surface area contributed by atoms with Crippen LogP contribution in [0.4, 0.5) is 11.4 Å². The zero-order valence-electron chi connectivity index (χ0n) is 18.5. The van der Waals surface area contributed by atoms with Gasteiger partial charge in [-0.05, 0) is 87.4 Å². The van der Waals surface area contributed by atoms with Crippen molar-refractivity contribution in [1.29, 1.82) is 0 Å². The third kappa shape index (κ3) is 5.02. The standard InChI is InChI=1S/C26H36N2O/c1-6-16-28(24-13-11-23(12-14-24)26(4,5)29)25-15-10-22(19-20(25)2)21(3)27-17-8-7-9-18-27/h10-15,19,29H,3,6-9,16-18H2,1-2,4-5H3. The maximum atomic E-state index is 10.2. The molecule has 0 saturated carbocycles. The summed E-state index contributed by atoms with van der Waals surface area (Å²) < 4.78 is 0. The largest absolute Gasteiger partial charge is 0.386 e.